The van der Waals surface area contributed by atoms with Crippen molar-refractivity contribution in [2.75, 3.05) is 26.7 Å². The van der Waals surface area contributed by atoms with Crippen molar-refractivity contribution in [2.45, 2.75) is 51.1 Å². The minimum Gasteiger partial charge on any atom is -0.497 e. The lowest BCUT2D eigenvalue weighted by molar-refractivity contribution is -0.137. The van der Waals surface area contributed by atoms with Crippen molar-refractivity contribution in [1.29, 1.82) is 0 Å². The Morgan fingerprint density at radius 3 is 2.68 bits per heavy atom. The quantitative estimate of drug-likeness (QED) is 0.282. The number of hydrogen-bond acceptors (Lipinski definition) is 4. The van der Waals surface area contributed by atoms with E-state index in [1.807, 2.05) is 12.1 Å². The molecule has 38 heavy (non-hydrogen) atoms. The smallest absolute Gasteiger partial charge is 0.303 e. The van der Waals surface area contributed by atoms with E-state index >= 15 is 4.39 Å². The van der Waals surface area contributed by atoms with Gasteiger partial charge in [-0.05, 0) is 105 Å². The van der Waals surface area contributed by atoms with Gasteiger partial charge in [0, 0.05) is 30.1 Å². The van der Waals surface area contributed by atoms with Gasteiger partial charge in [0.2, 0.25) is 0 Å². The van der Waals surface area contributed by atoms with Crippen molar-refractivity contribution < 1.29 is 27.8 Å². The van der Waals surface area contributed by atoms with Crippen LogP contribution in [-0.2, 0) is 11.2 Å². The molecule has 1 fully saturated rings. The Labute approximate surface area is 221 Å². The van der Waals surface area contributed by atoms with Gasteiger partial charge in [-0.25, -0.2) is 13.2 Å². The number of hydrogen-bond donors (Lipinski definition) is 1. The number of aliphatic carboxylic acids is 1. The van der Waals surface area contributed by atoms with Gasteiger partial charge < -0.3 is 14.7 Å². The first-order valence-corrected chi connectivity index (χ1v) is 13.3. The van der Waals surface area contributed by atoms with E-state index in [-0.39, 0.29) is 23.8 Å². The van der Waals surface area contributed by atoms with Gasteiger partial charge in [-0.3, -0.25) is 9.78 Å². The molecule has 0 unspecified atom stereocenters. The topological polar surface area (TPSA) is 62.7 Å². The molecule has 204 valence electrons. The van der Waals surface area contributed by atoms with Gasteiger partial charge in [0.25, 0.3) is 0 Å². The van der Waals surface area contributed by atoms with Crippen LogP contribution in [0.15, 0.2) is 48.7 Å². The largest absolute Gasteiger partial charge is 0.497 e. The molecule has 1 aliphatic heterocycles. The van der Waals surface area contributed by atoms with E-state index in [1.165, 1.54) is 18.2 Å². The molecule has 1 aromatic heterocycles. The molecular weight excluding hydrogens is 493 g/mol. The lowest BCUT2D eigenvalue weighted by Crippen LogP contribution is -2.41. The third-order valence-corrected chi connectivity index (χ3v) is 7.78. The second-order valence-corrected chi connectivity index (χ2v) is 10.2. The van der Waals surface area contributed by atoms with Crippen LogP contribution in [0.1, 0.15) is 55.8 Å². The van der Waals surface area contributed by atoms with Gasteiger partial charge in [-0.2, -0.15) is 0 Å². The highest BCUT2D eigenvalue weighted by Gasteiger charge is 2.30. The molecule has 4 rings (SSSR count). The molecule has 1 N–H and O–H groups in total. The molecule has 0 bridgehead atoms. The predicted molar refractivity (Wildman–Crippen MR) is 141 cm³/mol. The maximum Gasteiger partial charge on any atom is 0.303 e. The molecule has 2 aromatic carbocycles. The summed E-state index contributed by atoms with van der Waals surface area (Å²) < 4.78 is 48.7. The maximum absolute atomic E-state index is 15.5. The molecule has 8 heteroatoms. The van der Waals surface area contributed by atoms with Gasteiger partial charge in [-0.15, -0.1) is 0 Å². The van der Waals surface area contributed by atoms with E-state index in [4.69, 9.17) is 4.74 Å². The summed E-state index contributed by atoms with van der Waals surface area (Å²) in [5.41, 5.74) is 1.42. The minimum absolute atomic E-state index is 0.0727. The molecule has 0 amide bonds. The van der Waals surface area contributed by atoms with Crippen LogP contribution in [0.25, 0.3) is 10.9 Å². The first kappa shape index (κ1) is 27.9. The number of rotatable bonds is 12. The van der Waals surface area contributed by atoms with Crippen LogP contribution in [0.3, 0.4) is 0 Å². The minimum atomic E-state index is -1.17. The third-order valence-electron chi connectivity index (χ3n) is 7.78. The molecule has 0 spiro atoms. The third kappa shape index (κ3) is 7.04. The summed E-state index contributed by atoms with van der Waals surface area (Å²) in [4.78, 5) is 17.9. The van der Waals surface area contributed by atoms with Crippen molar-refractivity contribution in [2.24, 2.45) is 11.8 Å². The number of nitrogens with zero attached hydrogens (tertiary/aromatic N) is 2. The highest BCUT2D eigenvalue weighted by Crippen LogP contribution is 2.36. The van der Waals surface area contributed by atoms with Crippen molar-refractivity contribution >= 4 is 16.9 Å². The molecule has 2 heterocycles. The van der Waals surface area contributed by atoms with Crippen molar-refractivity contribution in [3.63, 3.8) is 0 Å². The molecule has 3 atom stereocenters. The lowest BCUT2D eigenvalue weighted by Gasteiger charge is -2.39. The van der Waals surface area contributed by atoms with Crippen LogP contribution in [0.2, 0.25) is 0 Å². The number of fused-ring (bicyclic) bond motifs is 1. The Morgan fingerprint density at radius 2 is 1.95 bits per heavy atom. The number of carboxylic acids is 1. The second kappa shape index (κ2) is 13.1. The number of carbonyl (C=O) groups is 1. The Kier molecular flexibility index (Phi) is 9.61. The Bertz CT molecular complexity index is 1220. The number of alkyl halides is 1. The van der Waals surface area contributed by atoms with E-state index in [1.54, 1.807) is 25.4 Å². The molecule has 0 saturated carbocycles. The van der Waals surface area contributed by atoms with E-state index in [0.29, 0.717) is 62.0 Å². The zero-order chi connectivity index (χ0) is 27.1. The Morgan fingerprint density at radius 1 is 1.16 bits per heavy atom. The zero-order valence-corrected chi connectivity index (χ0v) is 21.7. The van der Waals surface area contributed by atoms with E-state index in [0.717, 1.165) is 18.4 Å². The fourth-order valence-electron chi connectivity index (χ4n) is 5.69. The van der Waals surface area contributed by atoms with Gasteiger partial charge in [-0.1, -0.05) is 6.07 Å². The molecular formula is C30H35F3N2O3. The Hall–Kier alpha value is -3.13. The summed E-state index contributed by atoms with van der Waals surface area (Å²) in [6.07, 6.45) is 3.83. The Balaban J connectivity index is 1.36. The molecule has 1 aliphatic rings. The molecule has 5 nitrogen and oxygen atoms in total. The summed E-state index contributed by atoms with van der Waals surface area (Å²) in [5, 5.41) is 10.0. The number of benzene rings is 2. The van der Waals surface area contributed by atoms with Crippen LogP contribution in [0.5, 0.6) is 5.75 Å². The first-order valence-electron chi connectivity index (χ1n) is 13.3. The standard InChI is InChI=1S/C30H35F3N2O3/c1-38-22-9-11-29-25(18-22)23(13-15-34-29)28(33)10-7-20-14-17-35(19-21(20)8-12-30(36)37)16-3-4-24-26(31)5-2-6-27(24)32/h2,5-6,9,11,13,15,18,20-21,28H,3-4,7-8,10,12,14,16-17,19H2,1H3,(H,36,37)/t20-,21-,28-/m1/s1. The number of carboxylic acid groups (broad SMARTS) is 1. The zero-order valence-electron chi connectivity index (χ0n) is 21.7. The maximum atomic E-state index is 15.5. The fraction of sp³-hybridized carbons (Fsp3) is 0.467. The SMILES string of the molecule is COc1ccc2nccc([C@H](F)CC[C@@H]3CCN(CCCc4c(F)cccc4F)C[C@H]3CCC(=O)O)c2c1. The van der Waals surface area contributed by atoms with Crippen LogP contribution >= 0.6 is 0 Å². The predicted octanol–water partition coefficient (Wildman–Crippen LogP) is 6.75. The van der Waals surface area contributed by atoms with Gasteiger partial charge in [0.1, 0.15) is 23.6 Å². The number of likely N-dealkylation sites (tertiary alicyclic amines) is 1. The fourth-order valence-corrected chi connectivity index (χ4v) is 5.69. The normalized spacial score (nSPS) is 18.9. The van der Waals surface area contributed by atoms with Gasteiger partial charge >= 0.3 is 5.97 Å². The lowest BCUT2D eigenvalue weighted by atomic mass is 9.79. The summed E-state index contributed by atoms with van der Waals surface area (Å²) >= 11 is 0. The van der Waals surface area contributed by atoms with Gasteiger partial charge in [0.15, 0.2) is 0 Å². The van der Waals surface area contributed by atoms with E-state index < -0.39 is 23.8 Å². The highest BCUT2D eigenvalue weighted by molar-refractivity contribution is 5.83. The number of piperidine rings is 1. The van der Waals surface area contributed by atoms with Crippen LogP contribution in [0, 0.1) is 23.5 Å². The number of pyridine rings is 1. The van der Waals surface area contributed by atoms with Crippen molar-refractivity contribution in [3.05, 3.63) is 71.4 Å². The summed E-state index contributed by atoms with van der Waals surface area (Å²) in [7, 11) is 1.58. The molecule has 0 radical (unpaired) electrons. The van der Waals surface area contributed by atoms with Crippen LogP contribution in [-0.4, -0.2) is 47.7 Å². The van der Waals surface area contributed by atoms with Crippen molar-refractivity contribution in [1.82, 2.24) is 9.88 Å². The summed E-state index contributed by atoms with van der Waals surface area (Å²) in [5.74, 6) is -0.884. The summed E-state index contributed by atoms with van der Waals surface area (Å²) in [6, 6.07) is 11.1. The number of halogens is 3. The highest BCUT2D eigenvalue weighted by atomic mass is 19.1. The molecule has 1 saturated heterocycles. The second-order valence-electron chi connectivity index (χ2n) is 10.2. The van der Waals surface area contributed by atoms with E-state index in [9.17, 15) is 18.7 Å². The number of methoxy groups -OCH3 is 1. The number of aromatic nitrogens is 1. The monoisotopic (exact) mass is 528 g/mol. The van der Waals surface area contributed by atoms with Gasteiger partial charge in [0.05, 0.1) is 12.6 Å². The van der Waals surface area contributed by atoms with Crippen LogP contribution < -0.4 is 4.74 Å². The van der Waals surface area contributed by atoms with Crippen LogP contribution in [0.4, 0.5) is 13.2 Å². The first-order chi connectivity index (χ1) is 18.4. The summed E-state index contributed by atoms with van der Waals surface area (Å²) in [6.45, 7) is 2.20. The van der Waals surface area contributed by atoms with Crippen molar-refractivity contribution in [3.8, 4) is 5.75 Å². The average molecular weight is 529 g/mol. The van der Waals surface area contributed by atoms with E-state index in [2.05, 4.69) is 9.88 Å². The molecule has 3 aromatic rings. The molecule has 0 aliphatic carbocycles. The average Bonchev–Trinajstić information content (AvgIpc) is 2.92. The number of ether oxygens (including phenoxy) is 1.